The van der Waals surface area contributed by atoms with E-state index in [0.29, 0.717) is 18.1 Å². The number of halogens is 4. The fourth-order valence-corrected chi connectivity index (χ4v) is 3.23. The molecule has 3 rings (SSSR count). The first kappa shape index (κ1) is 24.3. The smallest absolute Gasteiger partial charge is 0.435 e. The molecule has 1 aliphatic rings. The minimum absolute atomic E-state index is 0.0416. The van der Waals surface area contributed by atoms with Crippen molar-refractivity contribution < 1.29 is 37.7 Å². The van der Waals surface area contributed by atoms with Gasteiger partial charge in [0.2, 0.25) is 5.88 Å². The molecular formula is C21H19ClF3N3O5. The van der Waals surface area contributed by atoms with Gasteiger partial charge in [-0.2, -0.15) is 23.0 Å². The molecule has 1 amide bonds. The summed E-state index contributed by atoms with van der Waals surface area (Å²) in [6.45, 7) is -0.759. The van der Waals surface area contributed by atoms with Gasteiger partial charge in [-0.25, -0.2) is 4.79 Å². The van der Waals surface area contributed by atoms with E-state index < -0.39 is 48.4 Å². The molecule has 1 aromatic carbocycles. The molecule has 33 heavy (non-hydrogen) atoms. The van der Waals surface area contributed by atoms with E-state index in [1.54, 1.807) is 18.2 Å². The third-order valence-electron chi connectivity index (χ3n) is 4.63. The predicted octanol–water partition coefficient (Wildman–Crippen LogP) is 3.13. The first-order valence-corrected chi connectivity index (χ1v) is 10.0. The van der Waals surface area contributed by atoms with Crippen LogP contribution in [0.1, 0.15) is 18.5 Å². The van der Waals surface area contributed by atoms with E-state index in [0.717, 1.165) is 4.68 Å². The number of alkyl halides is 3. The monoisotopic (exact) mass is 485 g/mol. The number of rotatable bonds is 8. The topological polar surface area (TPSA) is 114 Å². The summed E-state index contributed by atoms with van der Waals surface area (Å²) < 4.78 is 45.6. The Balaban J connectivity index is 1.72. The summed E-state index contributed by atoms with van der Waals surface area (Å²) >= 11 is 6.05. The van der Waals surface area contributed by atoms with Crippen molar-refractivity contribution >= 4 is 23.5 Å². The number of ether oxygens (including phenoxy) is 1. The van der Waals surface area contributed by atoms with Crippen LogP contribution in [0.3, 0.4) is 0 Å². The van der Waals surface area contributed by atoms with Crippen molar-refractivity contribution in [3.8, 4) is 11.6 Å². The Morgan fingerprint density at radius 1 is 1.33 bits per heavy atom. The number of nitrogens with one attached hydrogen (secondary N) is 1. The molecule has 1 aromatic heterocycles. The van der Waals surface area contributed by atoms with Gasteiger partial charge in [-0.05, 0) is 24.1 Å². The van der Waals surface area contributed by atoms with Crippen LogP contribution >= 0.6 is 11.6 Å². The van der Waals surface area contributed by atoms with Crippen molar-refractivity contribution in [2.24, 2.45) is 0 Å². The van der Waals surface area contributed by atoms with Crippen LogP contribution in [-0.2, 0) is 15.8 Å². The molecule has 176 valence electrons. The molecular weight excluding hydrogens is 467 g/mol. The highest BCUT2D eigenvalue weighted by atomic mass is 35.5. The highest BCUT2D eigenvalue weighted by molar-refractivity contribution is 6.32. The van der Waals surface area contributed by atoms with Gasteiger partial charge in [-0.1, -0.05) is 42.0 Å². The molecule has 0 fully saturated rings. The quantitative estimate of drug-likeness (QED) is 0.529. The van der Waals surface area contributed by atoms with E-state index in [2.05, 4.69) is 10.4 Å². The Labute approximate surface area is 190 Å². The maximum atomic E-state index is 13.2. The number of benzene rings is 1. The number of carbonyl (C=O) groups is 2. The van der Waals surface area contributed by atoms with Gasteiger partial charge in [0, 0.05) is 12.5 Å². The van der Waals surface area contributed by atoms with Gasteiger partial charge in [0.15, 0.2) is 12.3 Å². The number of aliphatic hydroxyl groups is 1. The molecule has 0 aliphatic heterocycles. The first-order chi connectivity index (χ1) is 15.5. The third-order valence-corrected chi connectivity index (χ3v) is 4.95. The van der Waals surface area contributed by atoms with Crippen LogP contribution in [0.4, 0.5) is 13.2 Å². The van der Waals surface area contributed by atoms with Crippen molar-refractivity contribution in [3.05, 3.63) is 64.8 Å². The second kappa shape index (κ2) is 10.1. The minimum atomic E-state index is -4.77. The zero-order valence-corrected chi connectivity index (χ0v) is 17.7. The summed E-state index contributed by atoms with van der Waals surface area (Å²) in [5, 5.41) is 24.7. The molecule has 1 unspecified atom stereocenters. The Hall–Kier alpha value is -3.31. The maximum Gasteiger partial charge on any atom is 0.435 e. The minimum Gasteiger partial charge on any atom is -0.480 e. The van der Waals surface area contributed by atoms with E-state index in [9.17, 15) is 33.0 Å². The van der Waals surface area contributed by atoms with Gasteiger partial charge in [0.25, 0.3) is 5.91 Å². The van der Waals surface area contributed by atoms with Crippen molar-refractivity contribution in [2.45, 2.75) is 31.2 Å². The largest absolute Gasteiger partial charge is 0.480 e. The van der Waals surface area contributed by atoms with E-state index in [1.807, 2.05) is 0 Å². The Morgan fingerprint density at radius 2 is 2.06 bits per heavy atom. The number of nitrogens with zero attached hydrogens (tertiary/aromatic N) is 2. The molecule has 3 N–H and O–H groups in total. The average molecular weight is 486 g/mol. The number of carboxylic acid groups (broad SMARTS) is 1. The summed E-state index contributed by atoms with van der Waals surface area (Å²) in [6, 6.07) is 5.31. The molecule has 1 heterocycles. The standard InChI is InChI=1S/C21H19ClF3N3O5/c22-14-3-1-2-4-16(14)28-19(10-17(27-28)21(23,24)25)33-11-18(30)26-15(20(31)32)9-12-5-7-13(29)8-6-12/h1-7,10,13,15,29H,8-9,11H2,(H,26,30)(H,31,32)/t13?,15-/m0/s1. The molecule has 8 nitrogen and oxygen atoms in total. The lowest BCUT2D eigenvalue weighted by atomic mass is 9.99. The molecule has 2 aromatic rings. The lowest BCUT2D eigenvalue weighted by molar-refractivity contribution is -0.142. The van der Waals surface area contributed by atoms with Crippen LogP contribution in [0.15, 0.2) is 54.1 Å². The zero-order chi connectivity index (χ0) is 24.2. The average Bonchev–Trinajstić information content (AvgIpc) is 3.18. The molecule has 12 heteroatoms. The number of aliphatic carboxylic acids is 1. The number of aromatic nitrogens is 2. The second-order valence-electron chi connectivity index (χ2n) is 7.12. The maximum absolute atomic E-state index is 13.2. The van der Waals surface area contributed by atoms with E-state index >= 15 is 0 Å². The van der Waals surface area contributed by atoms with Gasteiger partial charge >= 0.3 is 12.1 Å². The number of para-hydroxylation sites is 1. The van der Waals surface area contributed by atoms with Crippen LogP contribution in [-0.4, -0.2) is 50.6 Å². The third kappa shape index (κ3) is 6.36. The first-order valence-electron chi connectivity index (χ1n) is 9.67. The summed E-state index contributed by atoms with van der Waals surface area (Å²) in [7, 11) is 0. The van der Waals surface area contributed by atoms with Crippen molar-refractivity contribution in [2.75, 3.05) is 6.61 Å². The SMILES string of the molecule is O=C(COc1cc(C(F)(F)F)nn1-c1ccccc1Cl)N[C@@H](CC1=CCC(O)C=C1)C(=O)O. The lowest BCUT2D eigenvalue weighted by Gasteiger charge is -2.18. The number of carboxylic acids is 1. The summed E-state index contributed by atoms with van der Waals surface area (Å²) in [4.78, 5) is 23.8. The Morgan fingerprint density at radius 3 is 2.67 bits per heavy atom. The molecule has 0 bridgehead atoms. The van der Waals surface area contributed by atoms with E-state index in [1.165, 1.54) is 24.3 Å². The number of hydrogen-bond donors (Lipinski definition) is 3. The lowest BCUT2D eigenvalue weighted by Crippen LogP contribution is -2.43. The number of amides is 1. The zero-order valence-electron chi connectivity index (χ0n) is 16.9. The van der Waals surface area contributed by atoms with Crippen molar-refractivity contribution in [3.63, 3.8) is 0 Å². The molecule has 0 spiro atoms. The fraction of sp³-hybridized carbons (Fsp3) is 0.286. The Kier molecular flexibility index (Phi) is 7.44. The van der Waals surface area contributed by atoms with Gasteiger partial charge < -0.3 is 20.3 Å². The van der Waals surface area contributed by atoms with Crippen LogP contribution < -0.4 is 10.1 Å². The van der Waals surface area contributed by atoms with Crippen LogP contribution in [0.5, 0.6) is 5.88 Å². The van der Waals surface area contributed by atoms with Crippen LogP contribution in [0.2, 0.25) is 5.02 Å². The van der Waals surface area contributed by atoms with Crippen molar-refractivity contribution in [1.29, 1.82) is 0 Å². The number of aliphatic hydroxyl groups excluding tert-OH is 1. The normalized spacial score (nSPS) is 16.8. The molecule has 2 atom stereocenters. The van der Waals surface area contributed by atoms with E-state index in [-0.39, 0.29) is 17.1 Å². The van der Waals surface area contributed by atoms with Gasteiger partial charge in [-0.15, -0.1) is 0 Å². The molecule has 0 radical (unpaired) electrons. The van der Waals surface area contributed by atoms with Gasteiger partial charge in [0.1, 0.15) is 6.04 Å². The summed E-state index contributed by atoms with van der Waals surface area (Å²) in [5.74, 6) is -2.56. The van der Waals surface area contributed by atoms with Crippen LogP contribution in [0, 0.1) is 0 Å². The summed E-state index contributed by atoms with van der Waals surface area (Å²) in [5.41, 5.74) is -0.535. The second-order valence-corrected chi connectivity index (χ2v) is 7.53. The highest BCUT2D eigenvalue weighted by Gasteiger charge is 2.36. The fourth-order valence-electron chi connectivity index (χ4n) is 3.02. The van der Waals surface area contributed by atoms with Crippen LogP contribution in [0.25, 0.3) is 5.69 Å². The summed E-state index contributed by atoms with van der Waals surface area (Å²) in [6.07, 6.45) is -0.409. The number of carbonyl (C=O) groups excluding carboxylic acids is 1. The van der Waals surface area contributed by atoms with Crippen molar-refractivity contribution in [1.82, 2.24) is 15.1 Å². The number of hydrogen-bond acceptors (Lipinski definition) is 5. The predicted molar refractivity (Wildman–Crippen MR) is 111 cm³/mol. The highest BCUT2D eigenvalue weighted by Crippen LogP contribution is 2.33. The van der Waals surface area contributed by atoms with Gasteiger partial charge in [0.05, 0.1) is 16.8 Å². The Bertz CT molecular complexity index is 1100. The van der Waals surface area contributed by atoms with Gasteiger partial charge in [-0.3, -0.25) is 4.79 Å². The molecule has 0 saturated heterocycles. The van der Waals surface area contributed by atoms with E-state index in [4.69, 9.17) is 16.3 Å². The molecule has 1 aliphatic carbocycles. The molecule has 0 saturated carbocycles. The number of allylic oxidation sites excluding steroid dienone is 1.